The Kier molecular flexibility index (Phi) is 4.87. The Morgan fingerprint density at radius 2 is 1.88 bits per heavy atom. The SMILES string of the molecule is COc1c(C(=O)Nc2ccc(Br)cc2F)cc2ccccc2c1Br. The fourth-order valence-corrected chi connectivity index (χ4v) is 3.50. The smallest absolute Gasteiger partial charge is 0.259 e. The van der Waals surface area contributed by atoms with Crippen LogP contribution in [0.5, 0.6) is 5.75 Å². The lowest BCUT2D eigenvalue weighted by atomic mass is 10.1. The summed E-state index contributed by atoms with van der Waals surface area (Å²) in [6, 6.07) is 13.8. The van der Waals surface area contributed by atoms with E-state index < -0.39 is 11.7 Å². The third kappa shape index (κ3) is 3.16. The minimum atomic E-state index is -0.517. The van der Waals surface area contributed by atoms with Crippen LogP contribution in [0.2, 0.25) is 0 Å². The fraction of sp³-hybridized carbons (Fsp3) is 0.0556. The van der Waals surface area contributed by atoms with Gasteiger partial charge in [0.15, 0.2) is 0 Å². The van der Waals surface area contributed by atoms with Crippen molar-refractivity contribution in [3.05, 3.63) is 68.9 Å². The maximum atomic E-state index is 14.0. The average Bonchev–Trinajstić information content (AvgIpc) is 2.57. The van der Waals surface area contributed by atoms with Crippen molar-refractivity contribution in [2.24, 2.45) is 0 Å². The van der Waals surface area contributed by atoms with Crippen molar-refractivity contribution in [1.29, 1.82) is 0 Å². The number of carbonyl (C=O) groups is 1. The van der Waals surface area contributed by atoms with Gasteiger partial charge in [0.2, 0.25) is 0 Å². The highest BCUT2D eigenvalue weighted by Crippen LogP contribution is 2.37. The summed E-state index contributed by atoms with van der Waals surface area (Å²) in [5.41, 5.74) is 0.430. The molecule has 24 heavy (non-hydrogen) atoms. The van der Waals surface area contributed by atoms with Crippen LogP contribution >= 0.6 is 31.9 Å². The van der Waals surface area contributed by atoms with Crippen LogP contribution < -0.4 is 10.1 Å². The molecule has 0 atom stereocenters. The molecule has 0 saturated heterocycles. The van der Waals surface area contributed by atoms with E-state index in [2.05, 4.69) is 37.2 Å². The van der Waals surface area contributed by atoms with Crippen molar-refractivity contribution in [3.8, 4) is 5.75 Å². The van der Waals surface area contributed by atoms with Gasteiger partial charge in [0, 0.05) is 4.47 Å². The number of hydrogen-bond acceptors (Lipinski definition) is 2. The van der Waals surface area contributed by atoms with E-state index in [0.29, 0.717) is 20.3 Å². The van der Waals surface area contributed by atoms with Crippen LogP contribution in [0, 0.1) is 5.82 Å². The topological polar surface area (TPSA) is 38.3 Å². The summed E-state index contributed by atoms with van der Waals surface area (Å²) in [5, 5.41) is 4.40. The molecule has 0 aliphatic heterocycles. The monoisotopic (exact) mass is 451 g/mol. The lowest BCUT2D eigenvalue weighted by Gasteiger charge is -2.14. The third-order valence-corrected chi connectivity index (χ3v) is 4.85. The number of rotatable bonds is 3. The second-order valence-corrected chi connectivity index (χ2v) is 6.78. The van der Waals surface area contributed by atoms with Gasteiger partial charge < -0.3 is 10.1 Å². The highest BCUT2D eigenvalue weighted by molar-refractivity contribution is 9.11. The highest BCUT2D eigenvalue weighted by Gasteiger charge is 2.19. The maximum Gasteiger partial charge on any atom is 0.259 e. The molecule has 0 radical (unpaired) electrons. The lowest BCUT2D eigenvalue weighted by Crippen LogP contribution is -2.14. The first-order chi connectivity index (χ1) is 11.5. The van der Waals surface area contributed by atoms with Crippen molar-refractivity contribution in [3.63, 3.8) is 0 Å². The molecule has 6 heteroatoms. The molecule has 3 nitrogen and oxygen atoms in total. The number of benzene rings is 3. The van der Waals surface area contributed by atoms with E-state index in [1.807, 2.05) is 24.3 Å². The van der Waals surface area contributed by atoms with E-state index in [0.717, 1.165) is 10.8 Å². The van der Waals surface area contributed by atoms with Gasteiger partial charge in [-0.2, -0.15) is 0 Å². The van der Waals surface area contributed by atoms with Crippen molar-refractivity contribution in [2.75, 3.05) is 12.4 Å². The van der Waals surface area contributed by atoms with Crippen LogP contribution in [0.1, 0.15) is 10.4 Å². The summed E-state index contributed by atoms with van der Waals surface area (Å²) in [6.45, 7) is 0. The van der Waals surface area contributed by atoms with Crippen molar-refractivity contribution >= 4 is 54.2 Å². The van der Waals surface area contributed by atoms with E-state index in [-0.39, 0.29) is 5.69 Å². The number of anilines is 1. The second kappa shape index (κ2) is 6.91. The molecule has 0 aliphatic carbocycles. The van der Waals surface area contributed by atoms with Gasteiger partial charge in [0.05, 0.1) is 22.8 Å². The van der Waals surface area contributed by atoms with Crippen molar-refractivity contribution in [1.82, 2.24) is 0 Å². The minimum absolute atomic E-state index is 0.106. The largest absolute Gasteiger partial charge is 0.495 e. The molecule has 0 saturated carbocycles. The summed E-state index contributed by atoms with van der Waals surface area (Å²) in [5.74, 6) is -0.556. The van der Waals surface area contributed by atoms with Gasteiger partial charge in [-0.1, -0.05) is 40.2 Å². The van der Waals surface area contributed by atoms with Crippen molar-refractivity contribution in [2.45, 2.75) is 0 Å². The van der Waals surface area contributed by atoms with Crippen LogP contribution in [0.25, 0.3) is 10.8 Å². The van der Waals surface area contributed by atoms with E-state index in [1.165, 1.54) is 19.2 Å². The summed E-state index contributed by atoms with van der Waals surface area (Å²) in [6.07, 6.45) is 0. The van der Waals surface area contributed by atoms with Crippen LogP contribution in [0.3, 0.4) is 0 Å². The van der Waals surface area contributed by atoms with Crippen molar-refractivity contribution < 1.29 is 13.9 Å². The number of methoxy groups -OCH3 is 1. The molecule has 0 aromatic heterocycles. The van der Waals surface area contributed by atoms with E-state index in [9.17, 15) is 9.18 Å². The quantitative estimate of drug-likeness (QED) is 0.548. The van der Waals surface area contributed by atoms with E-state index in [4.69, 9.17) is 4.74 Å². The zero-order valence-electron chi connectivity index (χ0n) is 12.6. The maximum absolute atomic E-state index is 14.0. The normalized spacial score (nSPS) is 10.7. The number of ether oxygens (including phenoxy) is 1. The fourth-order valence-electron chi connectivity index (χ4n) is 2.43. The van der Waals surface area contributed by atoms with Crippen LogP contribution in [-0.2, 0) is 0 Å². The zero-order chi connectivity index (χ0) is 17.3. The molecule has 122 valence electrons. The van der Waals surface area contributed by atoms with E-state index in [1.54, 1.807) is 12.1 Å². The summed E-state index contributed by atoms with van der Waals surface area (Å²) < 4.78 is 20.6. The zero-order valence-corrected chi connectivity index (χ0v) is 15.7. The number of carbonyl (C=O) groups excluding carboxylic acids is 1. The van der Waals surface area contributed by atoms with Gasteiger partial charge in [0.25, 0.3) is 5.91 Å². The molecular weight excluding hydrogens is 441 g/mol. The molecular formula is C18H12Br2FNO2. The van der Waals surface area contributed by atoms with Gasteiger partial charge in [-0.05, 0) is 51.0 Å². The number of fused-ring (bicyclic) bond motifs is 1. The predicted molar refractivity (Wildman–Crippen MR) is 100 cm³/mol. The molecule has 1 amide bonds. The van der Waals surface area contributed by atoms with Crippen LogP contribution in [0.4, 0.5) is 10.1 Å². The highest BCUT2D eigenvalue weighted by atomic mass is 79.9. The molecule has 0 bridgehead atoms. The summed E-state index contributed by atoms with van der Waals surface area (Å²) >= 11 is 6.67. The van der Waals surface area contributed by atoms with Gasteiger partial charge in [0.1, 0.15) is 11.6 Å². The Morgan fingerprint density at radius 1 is 1.12 bits per heavy atom. The third-order valence-electron chi connectivity index (χ3n) is 3.57. The Balaban J connectivity index is 2.06. The molecule has 3 aromatic carbocycles. The minimum Gasteiger partial charge on any atom is -0.495 e. The molecule has 1 N–H and O–H groups in total. The first-order valence-corrected chi connectivity index (χ1v) is 8.61. The van der Waals surface area contributed by atoms with Gasteiger partial charge >= 0.3 is 0 Å². The number of amides is 1. The predicted octanol–water partition coefficient (Wildman–Crippen LogP) is 5.76. The Hall–Kier alpha value is -1.92. The first kappa shape index (κ1) is 16.9. The average molecular weight is 453 g/mol. The van der Waals surface area contributed by atoms with E-state index >= 15 is 0 Å². The Morgan fingerprint density at radius 3 is 2.58 bits per heavy atom. The molecule has 0 heterocycles. The van der Waals surface area contributed by atoms with Gasteiger partial charge in [-0.3, -0.25) is 4.79 Å². The summed E-state index contributed by atoms with van der Waals surface area (Å²) in [7, 11) is 1.49. The Labute approximate surface area is 155 Å². The molecule has 0 aliphatic rings. The van der Waals surface area contributed by atoms with Gasteiger partial charge in [-0.15, -0.1) is 0 Å². The molecule has 0 fully saturated rings. The van der Waals surface area contributed by atoms with Crippen LogP contribution in [-0.4, -0.2) is 13.0 Å². The standard InChI is InChI=1S/C18H12Br2FNO2/c1-24-17-13(8-10-4-2-3-5-12(10)16(17)20)18(23)22-15-7-6-11(19)9-14(15)21/h2-9H,1H3,(H,22,23). The first-order valence-electron chi connectivity index (χ1n) is 7.03. The van der Waals surface area contributed by atoms with Crippen LogP contribution in [0.15, 0.2) is 57.5 Å². The lowest BCUT2D eigenvalue weighted by molar-refractivity contribution is 0.102. The van der Waals surface area contributed by atoms with Gasteiger partial charge in [-0.25, -0.2) is 4.39 Å². The molecule has 3 rings (SSSR count). The molecule has 3 aromatic rings. The number of hydrogen-bond donors (Lipinski definition) is 1. The number of halogens is 3. The molecule has 0 unspecified atom stereocenters. The number of nitrogens with one attached hydrogen (secondary N) is 1. The second-order valence-electron chi connectivity index (χ2n) is 5.07. The Bertz CT molecular complexity index is 944. The molecule has 0 spiro atoms. The summed E-state index contributed by atoms with van der Waals surface area (Å²) in [4.78, 5) is 12.6.